The van der Waals surface area contributed by atoms with Gasteiger partial charge in [0, 0.05) is 13.7 Å². The van der Waals surface area contributed by atoms with E-state index in [0.717, 1.165) is 6.07 Å². The molecular weight excluding hydrogens is 301 g/mol. The van der Waals surface area contributed by atoms with E-state index >= 15 is 0 Å². The molecule has 0 fully saturated rings. The maximum absolute atomic E-state index is 13.7. The van der Waals surface area contributed by atoms with Crippen LogP contribution in [0.25, 0.3) is 0 Å². The molecule has 0 spiro atoms. The fourth-order valence-corrected chi connectivity index (χ4v) is 2.79. The third kappa shape index (κ3) is 5.24. The van der Waals surface area contributed by atoms with E-state index < -0.39 is 21.4 Å². The lowest BCUT2D eigenvalue weighted by molar-refractivity contribution is -0.0119. The molecule has 0 aromatic heterocycles. The Bertz CT molecular complexity index is 574. The molecular formula is C13H20FNO5S. The van der Waals surface area contributed by atoms with Crippen molar-refractivity contribution in [1.82, 2.24) is 4.72 Å². The summed E-state index contributed by atoms with van der Waals surface area (Å²) in [6, 6.07) is 3.36. The summed E-state index contributed by atoms with van der Waals surface area (Å²) in [7, 11) is -2.53. The molecule has 0 saturated carbocycles. The normalized spacial score (nSPS) is 14.7. The van der Waals surface area contributed by atoms with Gasteiger partial charge in [-0.1, -0.05) is 0 Å². The maximum Gasteiger partial charge on any atom is 0.240 e. The van der Waals surface area contributed by atoms with Crippen molar-refractivity contribution in [2.75, 3.05) is 26.9 Å². The molecule has 8 heteroatoms. The Morgan fingerprint density at radius 2 is 2.10 bits per heavy atom. The zero-order valence-electron chi connectivity index (χ0n) is 12.2. The van der Waals surface area contributed by atoms with Gasteiger partial charge in [-0.2, -0.15) is 0 Å². The fraction of sp³-hybridized carbons (Fsp3) is 0.538. The van der Waals surface area contributed by atoms with Gasteiger partial charge in [-0.25, -0.2) is 17.5 Å². The smallest absolute Gasteiger partial charge is 0.240 e. The summed E-state index contributed by atoms with van der Waals surface area (Å²) in [4.78, 5) is -0.239. The molecule has 1 atom stereocenters. The van der Waals surface area contributed by atoms with Gasteiger partial charge in [-0.05, 0) is 32.0 Å². The van der Waals surface area contributed by atoms with Crippen LogP contribution in [-0.4, -0.2) is 46.0 Å². The van der Waals surface area contributed by atoms with Gasteiger partial charge in [0.15, 0.2) is 11.6 Å². The first-order valence-corrected chi connectivity index (χ1v) is 7.83. The van der Waals surface area contributed by atoms with Crippen LogP contribution in [0.15, 0.2) is 23.1 Å². The van der Waals surface area contributed by atoms with E-state index in [0.29, 0.717) is 0 Å². The molecule has 1 rings (SSSR count). The molecule has 0 heterocycles. The van der Waals surface area contributed by atoms with Gasteiger partial charge >= 0.3 is 0 Å². The van der Waals surface area contributed by atoms with Crippen LogP contribution in [0.1, 0.15) is 13.8 Å². The van der Waals surface area contributed by atoms with Gasteiger partial charge in [-0.15, -0.1) is 0 Å². The quantitative estimate of drug-likeness (QED) is 0.743. The van der Waals surface area contributed by atoms with Crippen molar-refractivity contribution >= 4 is 10.0 Å². The molecule has 0 saturated heterocycles. The number of halogens is 1. The first-order chi connectivity index (χ1) is 9.72. The van der Waals surface area contributed by atoms with E-state index in [-0.39, 0.29) is 30.4 Å². The third-order valence-corrected chi connectivity index (χ3v) is 4.01. The maximum atomic E-state index is 13.7. The van der Waals surface area contributed by atoms with Crippen LogP contribution in [0.2, 0.25) is 0 Å². The number of hydrogen-bond donors (Lipinski definition) is 2. The summed E-state index contributed by atoms with van der Waals surface area (Å²) in [6.07, 6.45) is 0. The molecule has 0 aliphatic carbocycles. The monoisotopic (exact) mass is 321 g/mol. The molecule has 1 aromatic rings. The van der Waals surface area contributed by atoms with E-state index in [4.69, 9.17) is 9.47 Å². The average molecular weight is 321 g/mol. The van der Waals surface area contributed by atoms with E-state index in [1.165, 1.54) is 26.2 Å². The SMILES string of the molecule is CCOc1ccc(S(=O)(=O)NCC(C)(O)COC)cc1F. The molecule has 0 aliphatic heterocycles. The van der Waals surface area contributed by atoms with Crippen molar-refractivity contribution in [3.8, 4) is 5.75 Å². The molecule has 21 heavy (non-hydrogen) atoms. The third-order valence-electron chi connectivity index (χ3n) is 2.61. The molecule has 6 nitrogen and oxygen atoms in total. The number of sulfonamides is 1. The average Bonchev–Trinajstić information content (AvgIpc) is 2.39. The van der Waals surface area contributed by atoms with E-state index in [1.807, 2.05) is 0 Å². The van der Waals surface area contributed by atoms with Crippen molar-refractivity contribution in [2.45, 2.75) is 24.3 Å². The summed E-state index contributed by atoms with van der Waals surface area (Å²) < 4.78 is 49.7. The molecule has 1 unspecified atom stereocenters. The minimum atomic E-state index is -3.93. The lowest BCUT2D eigenvalue weighted by atomic mass is 10.1. The summed E-state index contributed by atoms with van der Waals surface area (Å²) in [5, 5.41) is 9.85. The van der Waals surface area contributed by atoms with Crippen LogP contribution in [0, 0.1) is 5.82 Å². The molecule has 0 amide bonds. The number of ether oxygens (including phenoxy) is 2. The Kier molecular flexibility index (Phi) is 6.09. The molecule has 1 aromatic carbocycles. The van der Waals surface area contributed by atoms with Gasteiger partial charge in [0.1, 0.15) is 0 Å². The minimum Gasteiger partial charge on any atom is -0.491 e. The van der Waals surface area contributed by atoms with Gasteiger partial charge in [0.05, 0.1) is 23.7 Å². The van der Waals surface area contributed by atoms with Crippen LogP contribution in [0.4, 0.5) is 4.39 Å². The Morgan fingerprint density at radius 3 is 2.62 bits per heavy atom. The van der Waals surface area contributed by atoms with Crippen molar-refractivity contribution in [3.63, 3.8) is 0 Å². The number of methoxy groups -OCH3 is 1. The predicted molar refractivity (Wildman–Crippen MR) is 75.3 cm³/mol. The van der Waals surface area contributed by atoms with Crippen LogP contribution in [0.3, 0.4) is 0 Å². The number of aliphatic hydroxyl groups is 1. The zero-order valence-corrected chi connectivity index (χ0v) is 13.0. The second kappa shape index (κ2) is 7.17. The molecule has 120 valence electrons. The molecule has 0 aliphatic rings. The van der Waals surface area contributed by atoms with Gasteiger partial charge in [-0.3, -0.25) is 0 Å². The molecule has 2 N–H and O–H groups in total. The first-order valence-electron chi connectivity index (χ1n) is 6.35. The highest BCUT2D eigenvalue weighted by Gasteiger charge is 2.24. The second-order valence-corrected chi connectivity index (χ2v) is 6.55. The van der Waals surface area contributed by atoms with Crippen molar-refractivity contribution in [2.24, 2.45) is 0 Å². The van der Waals surface area contributed by atoms with Crippen molar-refractivity contribution < 1.29 is 27.4 Å². The summed E-state index contributed by atoms with van der Waals surface area (Å²) in [6.45, 7) is 3.12. The lowest BCUT2D eigenvalue weighted by Crippen LogP contribution is -2.43. The minimum absolute atomic E-state index is 0.0113. The van der Waals surface area contributed by atoms with Crippen molar-refractivity contribution in [3.05, 3.63) is 24.0 Å². The Morgan fingerprint density at radius 1 is 1.43 bits per heavy atom. The fourth-order valence-electron chi connectivity index (χ4n) is 1.62. The molecule has 0 bridgehead atoms. The summed E-state index contributed by atoms with van der Waals surface area (Å²) in [5.74, 6) is -0.772. The zero-order chi connectivity index (χ0) is 16.1. The Hall–Kier alpha value is -1.22. The number of benzene rings is 1. The lowest BCUT2D eigenvalue weighted by Gasteiger charge is -2.22. The number of hydrogen-bond acceptors (Lipinski definition) is 5. The van der Waals surface area contributed by atoms with Crippen LogP contribution in [-0.2, 0) is 14.8 Å². The first kappa shape index (κ1) is 17.8. The van der Waals surface area contributed by atoms with Crippen molar-refractivity contribution in [1.29, 1.82) is 0 Å². The largest absolute Gasteiger partial charge is 0.491 e. The highest BCUT2D eigenvalue weighted by Crippen LogP contribution is 2.21. The standard InChI is InChI=1S/C13H20FNO5S/c1-4-20-12-6-5-10(7-11(12)14)21(17,18)15-8-13(2,16)9-19-3/h5-7,15-16H,4,8-9H2,1-3H3. The van der Waals surface area contributed by atoms with Gasteiger partial charge in [0.25, 0.3) is 0 Å². The van der Waals surface area contributed by atoms with E-state index in [2.05, 4.69) is 4.72 Å². The topological polar surface area (TPSA) is 84.9 Å². The highest BCUT2D eigenvalue weighted by molar-refractivity contribution is 7.89. The van der Waals surface area contributed by atoms with Gasteiger partial charge in [0.2, 0.25) is 10.0 Å². The summed E-state index contributed by atoms with van der Waals surface area (Å²) in [5.41, 5.74) is -1.36. The Balaban J connectivity index is 2.86. The second-order valence-electron chi connectivity index (χ2n) is 4.78. The number of rotatable bonds is 8. The van der Waals surface area contributed by atoms with E-state index in [9.17, 15) is 17.9 Å². The van der Waals surface area contributed by atoms with Gasteiger partial charge < -0.3 is 14.6 Å². The van der Waals surface area contributed by atoms with Crippen LogP contribution in [0.5, 0.6) is 5.75 Å². The van der Waals surface area contributed by atoms with Crippen LogP contribution < -0.4 is 9.46 Å². The highest BCUT2D eigenvalue weighted by atomic mass is 32.2. The Labute approximate surface area is 123 Å². The number of nitrogens with one attached hydrogen (secondary N) is 1. The van der Waals surface area contributed by atoms with Crippen LogP contribution >= 0.6 is 0 Å². The summed E-state index contributed by atoms with van der Waals surface area (Å²) >= 11 is 0. The van der Waals surface area contributed by atoms with E-state index in [1.54, 1.807) is 6.92 Å². The predicted octanol–water partition coefficient (Wildman–Crippen LogP) is 0.900. The molecule has 0 radical (unpaired) electrons.